The molecular weight excluding hydrogens is 235 g/mol. The molecule has 0 aliphatic carbocycles. The highest BCUT2D eigenvalue weighted by Crippen LogP contribution is 2.20. The molecule has 0 radical (unpaired) electrons. The van der Waals surface area contributed by atoms with Gasteiger partial charge in [-0.15, -0.1) is 0 Å². The summed E-state index contributed by atoms with van der Waals surface area (Å²) in [5.41, 5.74) is 6.22. The van der Waals surface area contributed by atoms with Crippen LogP contribution < -0.4 is 11.1 Å². The summed E-state index contributed by atoms with van der Waals surface area (Å²) in [6.07, 6.45) is 0. The fraction of sp³-hybridized carbons (Fsp3) is 0.154. The van der Waals surface area contributed by atoms with E-state index in [0.29, 0.717) is 22.8 Å². The predicted octanol–water partition coefficient (Wildman–Crippen LogP) is 2.87. The Bertz CT molecular complexity index is 605. The van der Waals surface area contributed by atoms with E-state index < -0.39 is 11.7 Å². The van der Waals surface area contributed by atoms with Crippen molar-refractivity contribution in [3.8, 4) is 0 Å². The van der Waals surface area contributed by atoms with Crippen molar-refractivity contribution in [2.45, 2.75) is 13.8 Å². The third kappa shape index (κ3) is 2.34. The van der Waals surface area contributed by atoms with Gasteiger partial charge in [0.05, 0.1) is 11.3 Å². The highest BCUT2D eigenvalue weighted by molar-refractivity contribution is 6.05. The molecule has 0 fully saturated rings. The van der Waals surface area contributed by atoms with Crippen LogP contribution >= 0.6 is 0 Å². The lowest BCUT2D eigenvalue weighted by molar-refractivity contribution is 0.102. The monoisotopic (exact) mass is 248 g/mol. The first-order valence-corrected chi connectivity index (χ1v) is 5.41. The van der Waals surface area contributed by atoms with Gasteiger partial charge in [-0.05, 0) is 38.1 Å². The Kier molecular flexibility index (Phi) is 3.06. The number of halogens is 1. The van der Waals surface area contributed by atoms with Gasteiger partial charge in [0.1, 0.15) is 17.3 Å². The Balaban J connectivity index is 2.24. The van der Waals surface area contributed by atoms with E-state index in [1.165, 1.54) is 12.1 Å². The number of amides is 1. The minimum atomic E-state index is -0.568. The summed E-state index contributed by atoms with van der Waals surface area (Å²) in [5.74, 6) is 0.158. The largest absolute Gasteiger partial charge is 0.466 e. The number of hydrogen-bond donors (Lipinski definition) is 2. The minimum Gasteiger partial charge on any atom is -0.466 e. The molecule has 1 aromatic carbocycles. The molecular formula is C13H13FN2O2. The van der Waals surface area contributed by atoms with Crippen LogP contribution in [0.5, 0.6) is 0 Å². The van der Waals surface area contributed by atoms with E-state index in [0.717, 1.165) is 6.07 Å². The maximum absolute atomic E-state index is 13.5. The number of rotatable bonds is 2. The highest BCUT2D eigenvalue weighted by atomic mass is 19.1. The molecule has 0 spiro atoms. The molecule has 1 amide bonds. The van der Waals surface area contributed by atoms with Crippen molar-refractivity contribution in [1.82, 2.24) is 0 Å². The molecule has 0 saturated heterocycles. The summed E-state index contributed by atoms with van der Waals surface area (Å²) < 4.78 is 18.8. The van der Waals surface area contributed by atoms with Crippen LogP contribution in [0.25, 0.3) is 0 Å². The first kappa shape index (κ1) is 12.2. The van der Waals surface area contributed by atoms with E-state index in [-0.39, 0.29) is 5.69 Å². The van der Waals surface area contributed by atoms with E-state index in [1.807, 2.05) is 0 Å². The van der Waals surface area contributed by atoms with Gasteiger partial charge >= 0.3 is 0 Å². The van der Waals surface area contributed by atoms with Crippen LogP contribution in [0.15, 0.2) is 28.7 Å². The van der Waals surface area contributed by atoms with Gasteiger partial charge in [0, 0.05) is 5.69 Å². The van der Waals surface area contributed by atoms with Crippen molar-refractivity contribution < 1.29 is 13.6 Å². The molecule has 0 aliphatic heterocycles. The summed E-state index contributed by atoms with van der Waals surface area (Å²) in [4.78, 5) is 11.9. The number of furan rings is 1. The zero-order valence-corrected chi connectivity index (χ0v) is 10.1. The average molecular weight is 248 g/mol. The number of hydrogen-bond acceptors (Lipinski definition) is 3. The maximum atomic E-state index is 13.5. The van der Waals surface area contributed by atoms with Crippen molar-refractivity contribution >= 4 is 17.3 Å². The fourth-order valence-electron chi connectivity index (χ4n) is 1.68. The van der Waals surface area contributed by atoms with Gasteiger partial charge in [0.25, 0.3) is 5.91 Å². The molecule has 2 aromatic rings. The first-order chi connectivity index (χ1) is 8.47. The summed E-state index contributed by atoms with van der Waals surface area (Å²) >= 11 is 0. The molecule has 1 heterocycles. The molecule has 0 unspecified atom stereocenters. The third-order valence-corrected chi connectivity index (χ3v) is 2.53. The first-order valence-electron chi connectivity index (χ1n) is 5.41. The van der Waals surface area contributed by atoms with Gasteiger partial charge in [-0.1, -0.05) is 0 Å². The van der Waals surface area contributed by atoms with Gasteiger partial charge in [-0.3, -0.25) is 4.79 Å². The number of nitrogens with one attached hydrogen (secondary N) is 1. The lowest BCUT2D eigenvalue weighted by atomic mass is 10.2. The van der Waals surface area contributed by atoms with Gasteiger partial charge < -0.3 is 15.5 Å². The summed E-state index contributed by atoms with van der Waals surface area (Å²) in [5, 5.41) is 2.48. The van der Waals surface area contributed by atoms with Crippen LogP contribution in [0.3, 0.4) is 0 Å². The van der Waals surface area contributed by atoms with Crippen LogP contribution in [-0.4, -0.2) is 5.91 Å². The number of carbonyl (C=O) groups excluding carboxylic acids is 1. The Morgan fingerprint density at radius 1 is 1.33 bits per heavy atom. The van der Waals surface area contributed by atoms with E-state index >= 15 is 0 Å². The topological polar surface area (TPSA) is 68.3 Å². The molecule has 4 nitrogen and oxygen atoms in total. The van der Waals surface area contributed by atoms with Crippen molar-refractivity contribution in [3.63, 3.8) is 0 Å². The van der Waals surface area contributed by atoms with Gasteiger partial charge in [0.2, 0.25) is 0 Å². The second kappa shape index (κ2) is 4.52. The van der Waals surface area contributed by atoms with E-state index in [1.54, 1.807) is 19.9 Å². The number of anilines is 2. The number of nitrogen functional groups attached to an aromatic ring is 1. The van der Waals surface area contributed by atoms with Crippen molar-refractivity contribution in [2.75, 3.05) is 11.1 Å². The molecule has 5 heteroatoms. The molecule has 0 aliphatic rings. The van der Waals surface area contributed by atoms with E-state index in [2.05, 4.69) is 5.32 Å². The summed E-state index contributed by atoms with van der Waals surface area (Å²) in [6.45, 7) is 3.43. The number of aryl methyl sites for hydroxylation is 2. The molecule has 94 valence electrons. The Morgan fingerprint density at radius 2 is 2.06 bits per heavy atom. The van der Waals surface area contributed by atoms with E-state index in [9.17, 15) is 9.18 Å². The quantitative estimate of drug-likeness (QED) is 0.803. The molecule has 18 heavy (non-hydrogen) atoms. The van der Waals surface area contributed by atoms with Crippen LogP contribution in [-0.2, 0) is 0 Å². The lowest BCUT2D eigenvalue weighted by Crippen LogP contribution is -2.13. The van der Waals surface area contributed by atoms with Crippen LogP contribution in [0, 0.1) is 19.7 Å². The van der Waals surface area contributed by atoms with Crippen molar-refractivity contribution in [3.05, 3.63) is 47.2 Å². The normalized spacial score (nSPS) is 10.4. The fourth-order valence-corrected chi connectivity index (χ4v) is 1.68. The second-order valence-electron chi connectivity index (χ2n) is 4.02. The van der Waals surface area contributed by atoms with Crippen molar-refractivity contribution in [2.24, 2.45) is 0 Å². The Morgan fingerprint density at radius 3 is 2.61 bits per heavy atom. The van der Waals surface area contributed by atoms with E-state index in [4.69, 9.17) is 10.2 Å². The molecule has 0 atom stereocenters. The van der Waals surface area contributed by atoms with Gasteiger partial charge in [-0.2, -0.15) is 0 Å². The van der Waals surface area contributed by atoms with Gasteiger partial charge in [-0.25, -0.2) is 4.39 Å². The Hall–Kier alpha value is -2.30. The molecule has 0 saturated carbocycles. The molecule has 2 rings (SSSR count). The average Bonchev–Trinajstić information content (AvgIpc) is 2.62. The second-order valence-corrected chi connectivity index (χ2v) is 4.02. The Labute approximate surface area is 104 Å². The van der Waals surface area contributed by atoms with Gasteiger partial charge in [0.15, 0.2) is 0 Å². The molecule has 3 N–H and O–H groups in total. The smallest absolute Gasteiger partial charge is 0.259 e. The predicted molar refractivity (Wildman–Crippen MR) is 66.9 cm³/mol. The van der Waals surface area contributed by atoms with Crippen molar-refractivity contribution in [1.29, 1.82) is 0 Å². The standard InChI is InChI=1S/C13H13FN2O2/c1-7-5-10(8(2)18-7)13(17)16-12-4-3-9(15)6-11(12)14/h3-6H,15H2,1-2H3,(H,16,17). The minimum absolute atomic E-state index is 0.0902. The zero-order valence-electron chi connectivity index (χ0n) is 10.1. The number of benzene rings is 1. The maximum Gasteiger partial charge on any atom is 0.259 e. The molecule has 0 bridgehead atoms. The molecule has 1 aromatic heterocycles. The van der Waals surface area contributed by atoms with Crippen LogP contribution in [0.2, 0.25) is 0 Å². The lowest BCUT2D eigenvalue weighted by Gasteiger charge is -2.06. The number of carbonyl (C=O) groups is 1. The summed E-state index contributed by atoms with van der Waals surface area (Å²) in [7, 11) is 0. The summed E-state index contributed by atoms with van der Waals surface area (Å²) in [6, 6.07) is 5.71. The highest BCUT2D eigenvalue weighted by Gasteiger charge is 2.15. The third-order valence-electron chi connectivity index (χ3n) is 2.53. The zero-order chi connectivity index (χ0) is 13.3. The number of nitrogens with two attached hydrogens (primary N) is 1. The van der Waals surface area contributed by atoms with Crippen LogP contribution in [0.1, 0.15) is 21.9 Å². The van der Waals surface area contributed by atoms with Crippen LogP contribution in [0.4, 0.5) is 15.8 Å². The SMILES string of the molecule is Cc1cc(C(=O)Nc2ccc(N)cc2F)c(C)o1.